The molecule has 2 nitrogen and oxygen atoms in total. The summed E-state index contributed by atoms with van der Waals surface area (Å²) in [5.41, 5.74) is 2.55. The molecule has 3 heteroatoms. The van der Waals surface area contributed by atoms with Crippen molar-refractivity contribution in [2.45, 2.75) is 26.4 Å². The zero-order valence-corrected chi connectivity index (χ0v) is 11.2. The van der Waals surface area contributed by atoms with Crippen LogP contribution in [0.3, 0.4) is 0 Å². The third-order valence-corrected chi connectivity index (χ3v) is 3.21. The summed E-state index contributed by atoms with van der Waals surface area (Å²) < 4.78 is 13.6. The van der Waals surface area contributed by atoms with Crippen LogP contribution >= 0.6 is 0 Å². The summed E-state index contributed by atoms with van der Waals surface area (Å²) in [5, 5.41) is 13.0. The number of phenolic OH excluding ortho intramolecular Hbond substituents is 1. The Kier molecular flexibility index (Phi) is 4.17. The maximum Gasteiger partial charge on any atom is 0.127 e. The molecule has 2 aromatic carbocycles. The van der Waals surface area contributed by atoms with E-state index in [1.54, 1.807) is 18.2 Å². The van der Waals surface area contributed by atoms with Gasteiger partial charge >= 0.3 is 0 Å². The lowest BCUT2D eigenvalue weighted by Gasteiger charge is -2.15. The van der Waals surface area contributed by atoms with Gasteiger partial charge < -0.3 is 10.4 Å². The maximum atomic E-state index is 13.6. The van der Waals surface area contributed by atoms with E-state index < -0.39 is 0 Å². The van der Waals surface area contributed by atoms with Gasteiger partial charge in [0.25, 0.3) is 0 Å². The molecule has 0 amide bonds. The Morgan fingerprint density at radius 2 is 1.95 bits per heavy atom. The number of aryl methyl sites for hydroxylation is 1. The minimum Gasteiger partial charge on any atom is -0.508 e. The molecule has 0 heterocycles. The van der Waals surface area contributed by atoms with Gasteiger partial charge in [-0.3, -0.25) is 0 Å². The lowest BCUT2D eigenvalue weighted by atomic mass is 10.1. The lowest BCUT2D eigenvalue weighted by Crippen LogP contribution is -2.19. The van der Waals surface area contributed by atoms with Crippen LogP contribution in [0.4, 0.5) is 4.39 Å². The second-order valence-electron chi connectivity index (χ2n) is 4.76. The molecule has 100 valence electrons. The van der Waals surface area contributed by atoms with Gasteiger partial charge in [0, 0.05) is 23.7 Å². The molecule has 2 rings (SSSR count). The van der Waals surface area contributed by atoms with Gasteiger partial charge in [-0.2, -0.15) is 0 Å². The number of benzene rings is 2. The van der Waals surface area contributed by atoms with Crippen LogP contribution in [0.1, 0.15) is 29.7 Å². The van der Waals surface area contributed by atoms with E-state index in [1.165, 1.54) is 6.07 Å². The van der Waals surface area contributed by atoms with Crippen LogP contribution in [-0.4, -0.2) is 5.11 Å². The molecular formula is C16H18FNO. The van der Waals surface area contributed by atoms with Crippen molar-refractivity contribution in [1.82, 2.24) is 5.32 Å². The van der Waals surface area contributed by atoms with Gasteiger partial charge in [-0.25, -0.2) is 4.39 Å². The molecule has 0 spiro atoms. The zero-order valence-electron chi connectivity index (χ0n) is 11.2. The van der Waals surface area contributed by atoms with Gasteiger partial charge in [0.2, 0.25) is 0 Å². The van der Waals surface area contributed by atoms with Gasteiger partial charge in [0.05, 0.1) is 0 Å². The van der Waals surface area contributed by atoms with Crippen LogP contribution in [-0.2, 0) is 6.54 Å². The monoisotopic (exact) mass is 259 g/mol. The topological polar surface area (TPSA) is 32.3 Å². The highest BCUT2D eigenvalue weighted by Gasteiger charge is 2.10. The van der Waals surface area contributed by atoms with Crippen LogP contribution in [0.2, 0.25) is 0 Å². The van der Waals surface area contributed by atoms with E-state index in [9.17, 15) is 9.50 Å². The molecule has 0 radical (unpaired) electrons. The minimum atomic E-state index is -0.212. The number of hydrogen-bond donors (Lipinski definition) is 2. The minimum absolute atomic E-state index is 0.110. The standard InChI is InChI=1S/C16H18FNO/c1-11-7-8-16(19)13(9-11)10-18-12(2)14-5-3-4-6-15(14)17/h3-9,12,18-19H,10H2,1-2H3. The number of halogens is 1. The van der Waals surface area contributed by atoms with Crippen molar-refractivity contribution in [1.29, 1.82) is 0 Å². The van der Waals surface area contributed by atoms with Crippen LogP contribution in [0.25, 0.3) is 0 Å². The molecule has 1 atom stereocenters. The Morgan fingerprint density at radius 1 is 1.21 bits per heavy atom. The highest BCUT2D eigenvalue weighted by molar-refractivity contribution is 5.35. The molecule has 1 unspecified atom stereocenters. The van der Waals surface area contributed by atoms with Crippen molar-refractivity contribution in [2.24, 2.45) is 0 Å². The van der Waals surface area contributed by atoms with Crippen molar-refractivity contribution < 1.29 is 9.50 Å². The molecule has 0 aliphatic heterocycles. The molecule has 0 aliphatic rings. The van der Waals surface area contributed by atoms with Gasteiger partial charge in [0.1, 0.15) is 11.6 Å². The highest BCUT2D eigenvalue weighted by Crippen LogP contribution is 2.20. The first-order chi connectivity index (χ1) is 9.08. The smallest absolute Gasteiger partial charge is 0.127 e. The second-order valence-corrected chi connectivity index (χ2v) is 4.76. The zero-order chi connectivity index (χ0) is 13.8. The molecule has 0 aromatic heterocycles. The Labute approximate surface area is 112 Å². The van der Waals surface area contributed by atoms with E-state index in [1.807, 2.05) is 32.0 Å². The van der Waals surface area contributed by atoms with E-state index in [4.69, 9.17) is 0 Å². The summed E-state index contributed by atoms with van der Waals surface area (Å²) in [6, 6.07) is 12.1. The average molecular weight is 259 g/mol. The number of nitrogens with one attached hydrogen (secondary N) is 1. The van der Waals surface area contributed by atoms with Crippen LogP contribution in [0.15, 0.2) is 42.5 Å². The number of rotatable bonds is 4. The average Bonchev–Trinajstić information content (AvgIpc) is 2.40. The highest BCUT2D eigenvalue weighted by atomic mass is 19.1. The molecule has 0 fully saturated rings. The Morgan fingerprint density at radius 3 is 2.68 bits per heavy atom. The Balaban J connectivity index is 2.06. The predicted octanol–water partition coefficient (Wildman–Crippen LogP) is 3.69. The molecule has 0 bridgehead atoms. The summed E-state index contributed by atoms with van der Waals surface area (Å²) in [7, 11) is 0. The molecular weight excluding hydrogens is 241 g/mol. The van der Waals surface area contributed by atoms with E-state index in [-0.39, 0.29) is 17.6 Å². The lowest BCUT2D eigenvalue weighted by molar-refractivity contribution is 0.458. The fraction of sp³-hybridized carbons (Fsp3) is 0.250. The van der Waals surface area contributed by atoms with Gasteiger partial charge in [0.15, 0.2) is 0 Å². The van der Waals surface area contributed by atoms with Gasteiger partial charge in [-0.15, -0.1) is 0 Å². The van der Waals surface area contributed by atoms with Gasteiger partial charge in [-0.05, 0) is 26.0 Å². The number of aromatic hydroxyl groups is 1. The SMILES string of the molecule is Cc1ccc(O)c(CNC(C)c2ccccc2F)c1. The summed E-state index contributed by atoms with van der Waals surface area (Å²) in [6.45, 7) is 4.39. The summed E-state index contributed by atoms with van der Waals surface area (Å²) >= 11 is 0. The fourth-order valence-electron chi connectivity index (χ4n) is 2.06. The molecule has 2 N–H and O–H groups in total. The Bertz CT molecular complexity index is 568. The first-order valence-corrected chi connectivity index (χ1v) is 6.34. The summed E-state index contributed by atoms with van der Waals surface area (Å²) in [5.74, 6) is 0.0507. The predicted molar refractivity (Wildman–Crippen MR) is 74.5 cm³/mol. The first kappa shape index (κ1) is 13.6. The van der Waals surface area contributed by atoms with Crippen molar-refractivity contribution >= 4 is 0 Å². The van der Waals surface area contributed by atoms with E-state index >= 15 is 0 Å². The molecule has 0 saturated carbocycles. The normalized spacial score (nSPS) is 12.4. The summed E-state index contributed by atoms with van der Waals surface area (Å²) in [4.78, 5) is 0. The third-order valence-electron chi connectivity index (χ3n) is 3.21. The second kappa shape index (κ2) is 5.85. The first-order valence-electron chi connectivity index (χ1n) is 6.34. The van der Waals surface area contributed by atoms with E-state index in [0.29, 0.717) is 12.1 Å². The third kappa shape index (κ3) is 3.32. The number of phenols is 1. The van der Waals surface area contributed by atoms with Crippen LogP contribution in [0, 0.1) is 12.7 Å². The van der Waals surface area contributed by atoms with Crippen molar-refractivity contribution in [3.8, 4) is 5.75 Å². The fourth-order valence-corrected chi connectivity index (χ4v) is 2.06. The molecule has 0 aliphatic carbocycles. The van der Waals surface area contributed by atoms with Crippen molar-refractivity contribution in [2.75, 3.05) is 0 Å². The Hall–Kier alpha value is -1.87. The van der Waals surface area contributed by atoms with E-state index in [2.05, 4.69) is 5.32 Å². The van der Waals surface area contributed by atoms with Crippen molar-refractivity contribution in [3.63, 3.8) is 0 Å². The molecule has 0 saturated heterocycles. The molecule has 19 heavy (non-hydrogen) atoms. The molecule has 2 aromatic rings. The van der Waals surface area contributed by atoms with Crippen LogP contribution in [0.5, 0.6) is 5.75 Å². The van der Waals surface area contributed by atoms with Crippen molar-refractivity contribution in [3.05, 3.63) is 65.0 Å². The quantitative estimate of drug-likeness (QED) is 0.877. The maximum absolute atomic E-state index is 13.6. The largest absolute Gasteiger partial charge is 0.508 e. The van der Waals surface area contributed by atoms with E-state index in [0.717, 1.165) is 11.1 Å². The number of hydrogen-bond acceptors (Lipinski definition) is 2. The van der Waals surface area contributed by atoms with Gasteiger partial charge in [-0.1, -0.05) is 35.9 Å². The summed E-state index contributed by atoms with van der Waals surface area (Å²) in [6.07, 6.45) is 0. The van der Waals surface area contributed by atoms with Crippen LogP contribution < -0.4 is 5.32 Å².